The van der Waals surface area contributed by atoms with E-state index in [0.717, 1.165) is 17.6 Å². The fourth-order valence-electron chi connectivity index (χ4n) is 2.51. The van der Waals surface area contributed by atoms with Crippen molar-refractivity contribution in [2.75, 3.05) is 11.9 Å². The highest BCUT2D eigenvalue weighted by molar-refractivity contribution is 9.10. The SMILES string of the molecule is CNCc1ccc(Br)cc1N(Cc1cccs1)C1CC1. The maximum Gasteiger partial charge on any atom is 0.0526 e. The summed E-state index contributed by atoms with van der Waals surface area (Å²) in [4.78, 5) is 4.01. The number of hydrogen-bond acceptors (Lipinski definition) is 3. The van der Waals surface area contributed by atoms with E-state index in [0.29, 0.717) is 6.04 Å². The molecule has 0 saturated heterocycles. The molecule has 1 heterocycles. The highest BCUT2D eigenvalue weighted by Gasteiger charge is 2.30. The predicted octanol–water partition coefficient (Wildman–Crippen LogP) is 4.40. The van der Waals surface area contributed by atoms with Crippen molar-refractivity contribution in [3.8, 4) is 0 Å². The van der Waals surface area contributed by atoms with Gasteiger partial charge in [0.2, 0.25) is 0 Å². The van der Waals surface area contributed by atoms with Gasteiger partial charge >= 0.3 is 0 Å². The Hall–Kier alpha value is -0.840. The third kappa shape index (κ3) is 3.25. The highest BCUT2D eigenvalue weighted by Crippen LogP contribution is 2.36. The Morgan fingerprint density at radius 1 is 1.35 bits per heavy atom. The summed E-state index contributed by atoms with van der Waals surface area (Å²) in [6.45, 7) is 1.94. The quantitative estimate of drug-likeness (QED) is 0.830. The van der Waals surface area contributed by atoms with Gasteiger partial charge in [0, 0.05) is 27.6 Å². The first-order valence-electron chi connectivity index (χ1n) is 7.00. The fourth-order valence-corrected chi connectivity index (χ4v) is 3.56. The Morgan fingerprint density at radius 2 is 2.20 bits per heavy atom. The zero-order valence-electron chi connectivity index (χ0n) is 11.6. The first kappa shape index (κ1) is 14.1. The molecule has 1 aliphatic carbocycles. The molecule has 106 valence electrons. The largest absolute Gasteiger partial charge is 0.363 e. The van der Waals surface area contributed by atoms with E-state index in [2.05, 4.69) is 61.9 Å². The summed E-state index contributed by atoms with van der Waals surface area (Å²) in [5.41, 5.74) is 2.74. The van der Waals surface area contributed by atoms with Crippen LogP contribution in [-0.4, -0.2) is 13.1 Å². The van der Waals surface area contributed by atoms with E-state index < -0.39 is 0 Å². The van der Waals surface area contributed by atoms with Gasteiger partial charge in [-0.3, -0.25) is 0 Å². The lowest BCUT2D eigenvalue weighted by Crippen LogP contribution is -2.26. The smallest absolute Gasteiger partial charge is 0.0526 e. The molecule has 1 fully saturated rings. The molecule has 0 amide bonds. The molecule has 1 aliphatic rings. The van der Waals surface area contributed by atoms with Crippen LogP contribution in [0.1, 0.15) is 23.3 Å². The topological polar surface area (TPSA) is 15.3 Å². The van der Waals surface area contributed by atoms with Gasteiger partial charge in [0.15, 0.2) is 0 Å². The lowest BCUT2D eigenvalue weighted by Gasteiger charge is -2.27. The summed E-state index contributed by atoms with van der Waals surface area (Å²) in [7, 11) is 2.01. The predicted molar refractivity (Wildman–Crippen MR) is 90.4 cm³/mol. The van der Waals surface area contributed by atoms with Gasteiger partial charge in [0.25, 0.3) is 0 Å². The van der Waals surface area contributed by atoms with Crippen LogP contribution in [0.3, 0.4) is 0 Å². The van der Waals surface area contributed by atoms with E-state index in [1.165, 1.54) is 29.0 Å². The van der Waals surface area contributed by atoms with Crippen molar-refractivity contribution >= 4 is 33.0 Å². The molecule has 3 rings (SSSR count). The van der Waals surface area contributed by atoms with Gasteiger partial charge in [-0.05, 0) is 49.0 Å². The minimum atomic E-state index is 0.710. The maximum absolute atomic E-state index is 3.62. The maximum atomic E-state index is 3.62. The number of rotatable bonds is 6. The summed E-state index contributed by atoms with van der Waals surface area (Å²) < 4.78 is 1.16. The number of benzene rings is 1. The van der Waals surface area contributed by atoms with Crippen molar-refractivity contribution in [2.24, 2.45) is 0 Å². The van der Waals surface area contributed by atoms with Gasteiger partial charge < -0.3 is 10.2 Å². The molecule has 4 heteroatoms. The molecule has 0 radical (unpaired) electrons. The van der Waals surface area contributed by atoms with Crippen LogP contribution >= 0.6 is 27.3 Å². The number of hydrogen-bond donors (Lipinski definition) is 1. The van der Waals surface area contributed by atoms with Gasteiger partial charge in [-0.15, -0.1) is 11.3 Å². The van der Waals surface area contributed by atoms with Crippen LogP contribution in [0.4, 0.5) is 5.69 Å². The third-order valence-electron chi connectivity index (χ3n) is 3.62. The molecule has 0 atom stereocenters. The van der Waals surface area contributed by atoms with E-state index in [-0.39, 0.29) is 0 Å². The lowest BCUT2D eigenvalue weighted by molar-refractivity contribution is 0.769. The van der Waals surface area contributed by atoms with E-state index in [4.69, 9.17) is 0 Å². The van der Waals surface area contributed by atoms with Crippen molar-refractivity contribution in [1.29, 1.82) is 0 Å². The van der Waals surface area contributed by atoms with Gasteiger partial charge in [0.05, 0.1) is 6.54 Å². The Kier molecular flexibility index (Phi) is 4.44. The highest BCUT2D eigenvalue weighted by atomic mass is 79.9. The fraction of sp³-hybridized carbons (Fsp3) is 0.375. The molecule has 0 bridgehead atoms. The molecular weight excluding hydrogens is 332 g/mol. The second-order valence-corrected chi connectivity index (χ2v) is 7.19. The van der Waals surface area contributed by atoms with Crippen molar-refractivity contribution in [3.05, 3.63) is 50.6 Å². The molecule has 2 aromatic rings. The van der Waals surface area contributed by atoms with Gasteiger partial charge in [-0.1, -0.05) is 28.1 Å². The van der Waals surface area contributed by atoms with Crippen molar-refractivity contribution in [3.63, 3.8) is 0 Å². The monoisotopic (exact) mass is 350 g/mol. The standard InChI is InChI=1S/C16H19BrN2S/c1-18-10-12-4-5-13(17)9-16(12)19(14-6-7-14)11-15-3-2-8-20-15/h2-5,8-9,14,18H,6-7,10-11H2,1H3. The second kappa shape index (κ2) is 6.29. The number of nitrogens with zero attached hydrogens (tertiary/aromatic N) is 1. The van der Waals surface area contributed by atoms with E-state index in [1.807, 2.05) is 18.4 Å². The molecular formula is C16H19BrN2S. The van der Waals surface area contributed by atoms with Crippen LogP contribution in [0.15, 0.2) is 40.2 Å². The van der Waals surface area contributed by atoms with E-state index in [1.54, 1.807) is 0 Å². The van der Waals surface area contributed by atoms with Crippen molar-refractivity contribution in [2.45, 2.75) is 32.0 Å². The minimum Gasteiger partial charge on any atom is -0.363 e. The number of nitrogens with one attached hydrogen (secondary N) is 1. The molecule has 20 heavy (non-hydrogen) atoms. The van der Waals surface area contributed by atoms with Crippen LogP contribution in [0.25, 0.3) is 0 Å². The van der Waals surface area contributed by atoms with Crippen LogP contribution in [-0.2, 0) is 13.1 Å². The average Bonchev–Trinajstić information content (AvgIpc) is 3.15. The molecule has 0 aliphatic heterocycles. The number of thiophene rings is 1. The molecule has 1 aromatic heterocycles. The van der Waals surface area contributed by atoms with E-state index in [9.17, 15) is 0 Å². The first-order chi connectivity index (χ1) is 9.78. The Morgan fingerprint density at radius 3 is 2.85 bits per heavy atom. The zero-order chi connectivity index (χ0) is 13.9. The average molecular weight is 351 g/mol. The summed E-state index contributed by atoms with van der Waals surface area (Å²) in [6, 6.07) is 11.7. The van der Waals surface area contributed by atoms with Crippen LogP contribution in [0.2, 0.25) is 0 Å². The summed E-state index contributed by atoms with van der Waals surface area (Å²) in [5.74, 6) is 0. The van der Waals surface area contributed by atoms with Crippen LogP contribution < -0.4 is 10.2 Å². The van der Waals surface area contributed by atoms with Gasteiger partial charge in [-0.25, -0.2) is 0 Å². The number of anilines is 1. The zero-order valence-corrected chi connectivity index (χ0v) is 14.0. The summed E-state index contributed by atoms with van der Waals surface area (Å²) >= 11 is 5.46. The number of halogens is 1. The normalized spacial score (nSPS) is 14.5. The first-order valence-corrected chi connectivity index (χ1v) is 8.67. The molecule has 1 saturated carbocycles. The Balaban J connectivity index is 1.92. The van der Waals surface area contributed by atoms with Gasteiger partial charge in [0.1, 0.15) is 0 Å². The summed E-state index contributed by atoms with van der Waals surface area (Å²) in [5, 5.41) is 5.44. The van der Waals surface area contributed by atoms with E-state index >= 15 is 0 Å². The van der Waals surface area contributed by atoms with Crippen LogP contribution in [0, 0.1) is 0 Å². The van der Waals surface area contributed by atoms with Crippen LogP contribution in [0.5, 0.6) is 0 Å². The Labute approximate surface area is 132 Å². The third-order valence-corrected chi connectivity index (χ3v) is 4.97. The summed E-state index contributed by atoms with van der Waals surface area (Å²) in [6.07, 6.45) is 2.63. The molecule has 1 N–H and O–H groups in total. The molecule has 2 nitrogen and oxygen atoms in total. The van der Waals surface area contributed by atoms with Gasteiger partial charge in [-0.2, -0.15) is 0 Å². The Bertz CT molecular complexity index is 564. The molecule has 1 aromatic carbocycles. The lowest BCUT2D eigenvalue weighted by atomic mass is 10.1. The van der Waals surface area contributed by atoms with Crippen molar-refractivity contribution in [1.82, 2.24) is 5.32 Å². The molecule has 0 unspecified atom stereocenters. The molecule has 0 spiro atoms. The minimum absolute atomic E-state index is 0.710. The van der Waals surface area contributed by atoms with Crippen molar-refractivity contribution < 1.29 is 0 Å². The second-order valence-electron chi connectivity index (χ2n) is 5.24.